The molecule has 0 aromatic carbocycles. The van der Waals surface area contributed by atoms with Crippen LogP contribution in [0.1, 0.15) is 86.5 Å². The monoisotopic (exact) mass is 774 g/mol. The van der Waals surface area contributed by atoms with Gasteiger partial charge in [0.2, 0.25) is 0 Å². The summed E-state index contributed by atoms with van der Waals surface area (Å²) in [5.41, 5.74) is 0.951. The van der Waals surface area contributed by atoms with Gasteiger partial charge in [0.1, 0.15) is 12.2 Å². The number of aliphatic hydroxyl groups is 2. The number of cyclic esters (lactones) is 1. The van der Waals surface area contributed by atoms with Gasteiger partial charge in [-0.1, -0.05) is 74.4 Å². The molecule has 2 N–H and O–H groups in total. The zero-order valence-electron chi connectivity index (χ0n) is 30.1. The van der Waals surface area contributed by atoms with Crippen molar-refractivity contribution in [3.05, 3.63) is 23.8 Å². The smallest absolute Gasteiger partial charge is 0.308 e. The number of ether oxygens (including phenoxy) is 3. The molecule has 270 valence electrons. The van der Waals surface area contributed by atoms with Crippen LogP contribution >= 0.6 is 22.6 Å². The molecule has 0 bridgehead atoms. The van der Waals surface area contributed by atoms with E-state index in [1.807, 2.05) is 59.7 Å². The number of carbonyl (C=O) groups excluding carboxylic acids is 2. The highest BCUT2D eigenvalue weighted by Crippen LogP contribution is 2.36. The van der Waals surface area contributed by atoms with Crippen LogP contribution in [0, 0.1) is 29.6 Å². The van der Waals surface area contributed by atoms with Crippen molar-refractivity contribution in [2.75, 3.05) is 38.2 Å². The molecule has 47 heavy (non-hydrogen) atoms. The predicted octanol–water partition coefficient (Wildman–Crippen LogP) is 5.41. The average Bonchev–Trinajstić information content (AvgIpc) is 3.04. The summed E-state index contributed by atoms with van der Waals surface area (Å²) >= 11 is 2.30. The number of hydrogen-bond acceptors (Lipinski definition) is 9. The minimum absolute atomic E-state index is 0.0154. The minimum Gasteiger partial charge on any atom is -0.462 e. The fraction of sp³-hybridized carbons (Fsp3) is 0.838. The Labute approximate surface area is 298 Å². The van der Waals surface area contributed by atoms with E-state index in [1.54, 1.807) is 6.08 Å². The summed E-state index contributed by atoms with van der Waals surface area (Å²) in [4.78, 5) is 31.4. The lowest BCUT2D eigenvalue weighted by molar-refractivity contribution is -0.295. The molecule has 12 atom stereocenters. The number of piperidine rings is 1. The second-order valence-corrected chi connectivity index (χ2v) is 15.6. The van der Waals surface area contributed by atoms with Crippen molar-refractivity contribution >= 4 is 34.3 Å². The van der Waals surface area contributed by atoms with Gasteiger partial charge in [-0.25, -0.2) is 0 Å². The van der Waals surface area contributed by atoms with Crippen molar-refractivity contribution in [2.45, 2.75) is 129 Å². The maximum atomic E-state index is 13.6. The van der Waals surface area contributed by atoms with Crippen molar-refractivity contribution in [1.29, 1.82) is 0 Å². The summed E-state index contributed by atoms with van der Waals surface area (Å²) in [5, 5.41) is 23.2. The van der Waals surface area contributed by atoms with Crippen LogP contribution in [0.25, 0.3) is 0 Å². The first kappa shape index (κ1) is 40.5. The summed E-state index contributed by atoms with van der Waals surface area (Å²) in [7, 11) is 3.91. The zero-order chi connectivity index (χ0) is 34.8. The second-order valence-electron chi connectivity index (χ2n) is 14.7. The van der Waals surface area contributed by atoms with Gasteiger partial charge < -0.3 is 34.2 Å². The summed E-state index contributed by atoms with van der Waals surface area (Å²) in [6.45, 7) is 14.9. The summed E-state index contributed by atoms with van der Waals surface area (Å²) in [6, 6.07) is -0.185. The largest absolute Gasteiger partial charge is 0.462 e. The molecule has 3 rings (SSSR count). The highest BCUT2D eigenvalue weighted by molar-refractivity contribution is 14.1. The van der Waals surface area contributed by atoms with Crippen LogP contribution < -0.4 is 0 Å². The number of allylic oxidation sites excluding steroid dienone is 3. The van der Waals surface area contributed by atoms with E-state index < -0.39 is 36.5 Å². The third kappa shape index (κ3) is 11.6. The fourth-order valence-electron chi connectivity index (χ4n) is 7.68. The van der Waals surface area contributed by atoms with Gasteiger partial charge in [0.05, 0.1) is 24.7 Å². The van der Waals surface area contributed by atoms with Crippen LogP contribution in [0.3, 0.4) is 0 Å². The molecule has 12 unspecified atom stereocenters. The van der Waals surface area contributed by atoms with E-state index in [4.69, 9.17) is 14.2 Å². The molecule has 0 radical (unpaired) electrons. The molecular formula is C37H63IN2O7. The van der Waals surface area contributed by atoms with Crippen LogP contribution in [0.15, 0.2) is 23.8 Å². The molecule has 3 heterocycles. The number of aliphatic hydroxyl groups excluding tert-OH is 2. The molecule has 0 aromatic rings. The van der Waals surface area contributed by atoms with Crippen LogP contribution in [-0.2, 0) is 23.8 Å². The van der Waals surface area contributed by atoms with Crippen LogP contribution in [0.5, 0.6) is 0 Å². The Kier molecular flexibility index (Phi) is 16.8. The molecule has 2 fully saturated rings. The highest BCUT2D eigenvalue weighted by Gasteiger charge is 2.46. The van der Waals surface area contributed by atoms with E-state index >= 15 is 0 Å². The van der Waals surface area contributed by atoms with Gasteiger partial charge in [0, 0.05) is 34.1 Å². The van der Waals surface area contributed by atoms with Crippen molar-refractivity contribution in [2.24, 2.45) is 29.6 Å². The lowest BCUT2D eigenvalue weighted by atomic mass is 9.79. The second kappa shape index (κ2) is 19.5. The zero-order valence-corrected chi connectivity index (χ0v) is 32.3. The minimum atomic E-state index is -1.04. The van der Waals surface area contributed by atoms with Crippen molar-refractivity contribution in [1.82, 2.24) is 9.80 Å². The van der Waals surface area contributed by atoms with E-state index in [-0.39, 0.29) is 54.1 Å². The van der Waals surface area contributed by atoms with Gasteiger partial charge in [-0.2, -0.15) is 0 Å². The van der Waals surface area contributed by atoms with Crippen LogP contribution in [0.2, 0.25) is 0 Å². The third-order valence-electron chi connectivity index (χ3n) is 10.8. The summed E-state index contributed by atoms with van der Waals surface area (Å²) in [6.07, 6.45) is 7.04. The van der Waals surface area contributed by atoms with Crippen molar-refractivity contribution in [3.8, 4) is 0 Å². The topological polar surface area (TPSA) is 109 Å². The summed E-state index contributed by atoms with van der Waals surface area (Å²) < 4.78 is 19.9. The van der Waals surface area contributed by atoms with Gasteiger partial charge in [-0.05, 0) is 91.7 Å². The number of esters is 1. The maximum absolute atomic E-state index is 13.6. The lowest BCUT2D eigenvalue weighted by Crippen LogP contribution is -2.60. The lowest BCUT2D eigenvalue weighted by Gasteiger charge is -2.47. The summed E-state index contributed by atoms with van der Waals surface area (Å²) in [5.74, 6) is -1.24. The van der Waals surface area contributed by atoms with E-state index in [9.17, 15) is 19.8 Å². The average molecular weight is 775 g/mol. The first-order valence-electron chi connectivity index (χ1n) is 18.0. The highest BCUT2D eigenvalue weighted by atomic mass is 127. The van der Waals surface area contributed by atoms with E-state index in [2.05, 4.69) is 40.5 Å². The Balaban J connectivity index is 2.02. The molecule has 0 aliphatic carbocycles. The number of halogens is 1. The number of hydrogen-bond donors (Lipinski definition) is 2. The van der Waals surface area contributed by atoms with Crippen LogP contribution in [0.4, 0.5) is 0 Å². The van der Waals surface area contributed by atoms with E-state index in [0.29, 0.717) is 12.8 Å². The maximum Gasteiger partial charge on any atom is 0.308 e. The van der Waals surface area contributed by atoms with Gasteiger partial charge >= 0.3 is 5.97 Å². The molecule has 0 spiro atoms. The number of likely N-dealkylation sites (N-methyl/N-ethyl adjacent to an activating group) is 1. The quantitative estimate of drug-likeness (QED) is 0.190. The van der Waals surface area contributed by atoms with Crippen molar-refractivity contribution < 1.29 is 34.0 Å². The molecule has 9 nitrogen and oxygen atoms in total. The normalized spacial score (nSPS) is 40.9. The molecule has 3 aliphatic rings. The number of alkyl halides is 1. The number of rotatable bonds is 8. The Morgan fingerprint density at radius 3 is 2.34 bits per heavy atom. The molecule has 0 amide bonds. The number of carbonyl (C=O) groups is 2. The van der Waals surface area contributed by atoms with Crippen molar-refractivity contribution in [3.63, 3.8) is 0 Å². The molecule has 0 saturated carbocycles. The number of ketones is 1. The fourth-order valence-corrected chi connectivity index (χ4v) is 8.50. The molecule has 3 aliphatic heterocycles. The molecule has 10 heteroatoms. The molecule has 0 aromatic heterocycles. The Hall–Kier alpha value is -0.890. The Morgan fingerprint density at radius 1 is 1.04 bits per heavy atom. The van der Waals surface area contributed by atoms with E-state index in [0.717, 1.165) is 36.1 Å². The van der Waals surface area contributed by atoms with Gasteiger partial charge in [-0.3, -0.25) is 9.59 Å². The number of nitrogens with zero attached hydrogens (tertiary/aromatic N) is 2. The Bertz CT molecular complexity index is 1050. The first-order valence-corrected chi connectivity index (χ1v) is 19.5. The van der Waals surface area contributed by atoms with Gasteiger partial charge in [0.15, 0.2) is 12.1 Å². The SMILES string of the molecule is CCC1OC(=O)CC(O)C(C)C(OC2OC(C)C(C)C(N(C)C)C2O)C(CCN2CCCCC2)CC(C)C(=O)/C=C/C(C)=C/C1CI. The van der Waals surface area contributed by atoms with Gasteiger partial charge in [-0.15, -0.1) is 0 Å². The van der Waals surface area contributed by atoms with Crippen LogP contribution in [-0.4, -0.2) is 113 Å². The molecular weight excluding hydrogens is 711 g/mol. The standard InChI is InChI=1S/C37H63IN2O7/c1-9-32-29(22-38)19-23(2)13-14-30(41)24(3)20-28(15-18-40-16-11-10-12-17-40)36(26(5)31(42)21-33(43)46-32)47-37-35(44)34(39(7)8)25(4)27(6)45-37/h13-14,19,24-29,31-32,34-37,42,44H,9-12,15-18,20-22H2,1-8H3/b14-13+,23-19+. The third-order valence-corrected chi connectivity index (χ3v) is 11.9. The molecule has 2 saturated heterocycles. The predicted molar refractivity (Wildman–Crippen MR) is 194 cm³/mol. The van der Waals surface area contributed by atoms with Gasteiger partial charge in [0.25, 0.3) is 0 Å². The van der Waals surface area contributed by atoms with E-state index in [1.165, 1.54) is 19.3 Å². The first-order chi connectivity index (χ1) is 22.3. The Morgan fingerprint density at radius 2 is 1.72 bits per heavy atom. The number of likely N-dealkylation sites (tertiary alicyclic amines) is 1.